The first-order valence-electron chi connectivity index (χ1n) is 5.50. The predicted octanol–water partition coefficient (Wildman–Crippen LogP) is 1.76. The van der Waals surface area contributed by atoms with Crippen molar-refractivity contribution in [3.05, 3.63) is 0 Å². The molecule has 0 amide bonds. The molecular weight excluding hydrogens is 299 g/mol. The number of alkyl halides is 2. The van der Waals surface area contributed by atoms with Gasteiger partial charge in [0.25, 0.3) is 0 Å². The summed E-state index contributed by atoms with van der Waals surface area (Å²) >= 11 is 6.40. The van der Waals surface area contributed by atoms with Crippen LogP contribution in [0.15, 0.2) is 0 Å². The second kappa shape index (κ2) is 9.76. The van der Waals surface area contributed by atoms with Crippen molar-refractivity contribution in [3.8, 4) is 0 Å². The molecule has 0 aromatic carbocycles. The van der Waals surface area contributed by atoms with Gasteiger partial charge in [-0.3, -0.25) is 0 Å². The molecule has 0 aromatic heterocycles. The molecular formula is C11H20Br2Li+. The third kappa shape index (κ3) is 5.59. The van der Waals surface area contributed by atoms with E-state index in [1.807, 2.05) is 0 Å². The van der Waals surface area contributed by atoms with E-state index in [1.54, 1.807) is 25.7 Å². The number of halogens is 2. The zero-order valence-corrected chi connectivity index (χ0v) is 12.4. The van der Waals surface area contributed by atoms with Crippen molar-refractivity contribution >= 4 is 31.9 Å². The molecule has 14 heavy (non-hydrogen) atoms. The van der Waals surface area contributed by atoms with Gasteiger partial charge in [0.2, 0.25) is 0 Å². The molecule has 0 aromatic rings. The Morgan fingerprint density at radius 3 is 1.43 bits per heavy atom. The van der Waals surface area contributed by atoms with E-state index in [9.17, 15) is 0 Å². The Morgan fingerprint density at radius 2 is 1.07 bits per heavy atom. The first-order valence-corrected chi connectivity index (χ1v) is 7.74. The van der Waals surface area contributed by atoms with Crippen LogP contribution in [0, 0.1) is 11.8 Å². The normalized spacial score (nSPS) is 29.6. The second-order valence-electron chi connectivity index (χ2n) is 4.11. The molecule has 3 heteroatoms. The Labute approximate surface area is 117 Å². The summed E-state index contributed by atoms with van der Waals surface area (Å²) in [4.78, 5) is 0. The summed E-state index contributed by atoms with van der Waals surface area (Å²) in [6, 6.07) is 0. The molecule has 0 radical (unpaired) electrons. The van der Waals surface area contributed by atoms with Crippen molar-refractivity contribution in [2.75, 3.05) is 10.7 Å². The standard InChI is InChI=1S/C9H16.C2H4Br2.Li/c1-2-5-9-7-3-6-8(9)4-1;3-1-2-4;/h8-9H,1-7H2;1-2H2;/q;;+1. The molecule has 2 rings (SSSR count). The Kier molecular flexibility index (Phi) is 10.8. The Morgan fingerprint density at radius 1 is 0.714 bits per heavy atom. The van der Waals surface area contributed by atoms with Gasteiger partial charge in [-0.1, -0.05) is 76.8 Å². The Hall–Kier alpha value is 1.56. The molecule has 0 heterocycles. The van der Waals surface area contributed by atoms with E-state index >= 15 is 0 Å². The quantitative estimate of drug-likeness (QED) is 0.510. The van der Waals surface area contributed by atoms with E-state index in [1.165, 1.54) is 31.1 Å². The molecule has 0 N–H and O–H groups in total. The van der Waals surface area contributed by atoms with Crippen molar-refractivity contribution in [2.24, 2.45) is 11.8 Å². The van der Waals surface area contributed by atoms with Gasteiger partial charge >= 0.3 is 18.9 Å². The summed E-state index contributed by atoms with van der Waals surface area (Å²) < 4.78 is 0. The van der Waals surface area contributed by atoms with Gasteiger partial charge in [0.1, 0.15) is 0 Å². The van der Waals surface area contributed by atoms with Crippen LogP contribution in [0.5, 0.6) is 0 Å². The summed E-state index contributed by atoms with van der Waals surface area (Å²) in [5, 5.41) is 2.10. The zero-order chi connectivity index (χ0) is 9.52. The average Bonchev–Trinajstić information content (AvgIpc) is 2.66. The molecule has 0 saturated heterocycles. The summed E-state index contributed by atoms with van der Waals surface area (Å²) in [6.07, 6.45) is 10.8. The number of hydrogen-bond acceptors (Lipinski definition) is 0. The van der Waals surface area contributed by atoms with Crippen LogP contribution in [0.2, 0.25) is 0 Å². The van der Waals surface area contributed by atoms with Crippen LogP contribution in [0.4, 0.5) is 0 Å². The Balaban J connectivity index is 0.000000299. The monoisotopic (exact) mass is 317 g/mol. The van der Waals surface area contributed by atoms with Gasteiger partial charge in [0.15, 0.2) is 0 Å². The third-order valence-electron chi connectivity index (χ3n) is 3.29. The predicted molar refractivity (Wildman–Crippen MR) is 66.9 cm³/mol. The molecule has 78 valence electrons. The van der Waals surface area contributed by atoms with Gasteiger partial charge < -0.3 is 0 Å². The van der Waals surface area contributed by atoms with Gasteiger partial charge in [-0.15, -0.1) is 0 Å². The van der Waals surface area contributed by atoms with Crippen LogP contribution < -0.4 is 18.9 Å². The third-order valence-corrected chi connectivity index (χ3v) is 5.14. The van der Waals surface area contributed by atoms with Crippen LogP contribution in [-0.2, 0) is 0 Å². The molecule has 2 aliphatic rings. The van der Waals surface area contributed by atoms with E-state index < -0.39 is 0 Å². The SMILES string of the molecule is BrCCBr.C1CCC2CCCC2C1.[Li+]. The maximum Gasteiger partial charge on any atom is 1.00 e. The summed E-state index contributed by atoms with van der Waals surface area (Å²) in [5.74, 6) is 2.33. The molecule has 2 aliphatic carbocycles. The molecule has 0 nitrogen and oxygen atoms in total. The molecule has 2 atom stereocenters. The fourth-order valence-corrected chi connectivity index (χ4v) is 2.69. The zero-order valence-electron chi connectivity index (χ0n) is 9.27. The smallest absolute Gasteiger partial charge is 0.0919 e. The van der Waals surface area contributed by atoms with Crippen LogP contribution >= 0.6 is 31.9 Å². The first kappa shape index (κ1) is 15.6. The van der Waals surface area contributed by atoms with E-state index in [4.69, 9.17) is 0 Å². The summed E-state index contributed by atoms with van der Waals surface area (Å²) in [6.45, 7) is 0. The molecule has 0 spiro atoms. The number of hydrogen-bond donors (Lipinski definition) is 0. The van der Waals surface area contributed by atoms with Gasteiger partial charge in [0.05, 0.1) is 0 Å². The van der Waals surface area contributed by atoms with Gasteiger partial charge in [-0.05, 0) is 11.8 Å². The van der Waals surface area contributed by atoms with Crippen LogP contribution in [0.1, 0.15) is 44.9 Å². The maximum absolute atomic E-state index is 3.20. The van der Waals surface area contributed by atoms with Crippen molar-refractivity contribution < 1.29 is 18.9 Å². The fourth-order valence-electron chi connectivity index (χ4n) is 2.69. The summed E-state index contributed by atoms with van der Waals surface area (Å²) in [5.41, 5.74) is 0. The maximum atomic E-state index is 3.20. The first-order chi connectivity index (χ1) is 6.38. The number of fused-ring (bicyclic) bond motifs is 1. The van der Waals surface area contributed by atoms with Crippen molar-refractivity contribution in [2.45, 2.75) is 44.9 Å². The summed E-state index contributed by atoms with van der Waals surface area (Å²) in [7, 11) is 0. The molecule has 0 aliphatic heterocycles. The number of rotatable bonds is 1. The fraction of sp³-hybridized carbons (Fsp3) is 1.00. The van der Waals surface area contributed by atoms with E-state index in [0.717, 1.165) is 10.7 Å². The van der Waals surface area contributed by atoms with E-state index in [0.29, 0.717) is 0 Å². The van der Waals surface area contributed by atoms with E-state index in [2.05, 4.69) is 31.9 Å². The van der Waals surface area contributed by atoms with Crippen molar-refractivity contribution in [1.29, 1.82) is 0 Å². The van der Waals surface area contributed by atoms with Gasteiger partial charge in [-0.25, -0.2) is 0 Å². The molecule has 2 saturated carbocycles. The van der Waals surface area contributed by atoms with Gasteiger partial charge in [0, 0.05) is 10.7 Å². The van der Waals surface area contributed by atoms with Crippen molar-refractivity contribution in [1.82, 2.24) is 0 Å². The van der Waals surface area contributed by atoms with E-state index in [-0.39, 0.29) is 18.9 Å². The van der Waals surface area contributed by atoms with Crippen LogP contribution in [-0.4, -0.2) is 10.7 Å². The molecule has 2 unspecified atom stereocenters. The minimum absolute atomic E-state index is 0. The second-order valence-corrected chi connectivity index (χ2v) is 5.70. The van der Waals surface area contributed by atoms with Crippen LogP contribution in [0.25, 0.3) is 0 Å². The van der Waals surface area contributed by atoms with Crippen molar-refractivity contribution in [3.63, 3.8) is 0 Å². The minimum Gasteiger partial charge on any atom is -0.0919 e. The molecule has 0 bridgehead atoms. The largest absolute Gasteiger partial charge is 1.00 e. The van der Waals surface area contributed by atoms with Gasteiger partial charge in [-0.2, -0.15) is 0 Å². The topological polar surface area (TPSA) is 0 Å². The Bertz CT molecular complexity index is 116. The van der Waals surface area contributed by atoms with Crippen LogP contribution in [0.3, 0.4) is 0 Å². The molecule has 2 fully saturated rings. The minimum atomic E-state index is 0. The average molecular weight is 319 g/mol.